The number of hydrogen-bond donors (Lipinski definition) is 2. The summed E-state index contributed by atoms with van der Waals surface area (Å²) in [5.74, 6) is -0.664. The Bertz CT molecular complexity index is 885. The summed E-state index contributed by atoms with van der Waals surface area (Å²) in [5.41, 5.74) is 2.09. The number of amides is 2. The molecule has 0 atom stereocenters. The van der Waals surface area contributed by atoms with Crippen LogP contribution < -0.4 is 10.6 Å². The Kier molecular flexibility index (Phi) is 7.19. The van der Waals surface area contributed by atoms with Gasteiger partial charge in [-0.2, -0.15) is 0 Å². The summed E-state index contributed by atoms with van der Waals surface area (Å²) in [6, 6.07) is 11.3. The second-order valence-corrected chi connectivity index (χ2v) is 7.53. The molecule has 0 bridgehead atoms. The van der Waals surface area contributed by atoms with Crippen molar-refractivity contribution in [3.63, 3.8) is 0 Å². The maximum atomic E-state index is 13.2. The van der Waals surface area contributed by atoms with Crippen LogP contribution in [0.3, 0.4) is 0 Å². The van der Waals surface area contributed by atoms with Crippen molar-refractivity contribution in [3.8, 4) is 0 Å². The van der Waals surface area contributed by atoms with Gasteiger partial charge in [0.05, 0.1) is 13.1 Å². The molecule has 0 aliphatic carbocycles. The highest BCUT2D eigenvalue weighted by molar-refractivity contribution is 6.31. The number of hydrogen-bond acceptors (Lipinski definition) is 4. The molecule has 0 unspecified atom stereocenters. The fourth-order valence-electron chi connectivity index (χ4n) is 3.15. The lowest BCUT2D eigenvalue weighted by Gasteiger charge is -2.33. The van der Waals surface area contributed by atoms with Gasteiger partial charge in [-0.1, -0.05) is 23.7 Å². The van der Waals surface area contributed by atoms with E-state index in [1.54, 1.807) is 18.2 Å². The van der Waals surface area contributed by atoms with E-state index in [9.17, 15) is 14.0 Å². The average Bonchev–Trinajstić information content (AvgIpc) is 2.66. The van der Waals surface area contributed by atoms with Crippen LogP contribution in [0.15, 0.2) is 42.5 Å². The number of halogens is 2. The van der Waals surface area contributed by atoms with E-state index in [0.717, 1.165) is 5.56 Å². The van der Waals surface area contributed by atoms with E-state index < -0.39 is 0 Å². The molecule has 1 heterocycles. The number of carbonyl (C=O) groups is 2. The monoisotopic (exact) mass is 418 g/mol. The van der Waals surface area contributed by atoms with Crippen molar-refractivity contribution in [2.75, 3.05) is 49.9 Å². The van der Waals surface area contributed by atoms with E-state index in [0.29, 0.717) is 42.6 Å². The molecule has 1 aliphatic heterocycles. The van der Waals surface area contributed by atoms with E-state index in [-0.39, 0.29) is 30.7 Å². The maximum Gasteiger partial charge on any atom is 0.238 e. The first-order valence-electron chi connectivity index (χ1n) is 9.45. The van der Waals surface area contributed by atoms with Gasteiger partial charge in [-0.3, -0.25) is 19.4 Å². The Balaban J connectivity index is 1.40. The lowest BCUT2D eigenvalue weighted by molar-refractivity contribution is -0.120. The Morgan fingerprint density at radius 2 is 1.48 bits per heavy atom. The Morgan fingerprint density at radius 3 is 2.00 bits per heavy atom. The molecule has 1 aliphatic rings. The van der Waals surface area contributed by atoms with Gasteiger partial charge in [0, 0.05) is 42.6 Å². The zero-order chi connectivity index (χ0) is 20.8. The molecule has 0 radical (unpaired) electrons. The summed E-state index contributed by atoms with van der Waals surface area (Å²) in [6.07, 6.45) is 0. The second-order valence-electron chi connectivity index (χ2n) is 7.12. The van der Waals surface area contributed by atoms with Crippen molar-refractivity contribution in [3.05, 3.63) is 58.9 Å². The van der Waals surface area contributed by atoms with Crippen LogP contribution in [-0.2, 0) is 9.59 Å². The van der Waals surface area contributed by atoms with E-state index in [4.69, 9.17) is 11.6 Å². The van der Waals surface area contributed by atoms with E-state index in [1.807, 2.05) is 28.9 Å². The Morgan fingerprint density at radius 1 is 0.931 bits per heavy atom. The highest BCUT2D eigenvalue weighted by atomic mass is 35.5. The summed E-state index contributed by atoms with van der Waals surface area (Å²) in [4.78, 5) is 28.5. The molecule has 154 valence electrons. The number of benzene rings is 2. The predicted octanol–water partition coefficient (Wildman–Crippen LogP) is 2.98. The van der Waals surface area contributed by atoms with Crippen LogP contribution in [-0.4, -0.2) is 60.9 Å². The Labute approximate surface area is 174 Å². The fraction of sp³-hybridized carbons (Fsp3) is 0.333. The molecule has 0 aromatic heterocycles. The van der Waals surface area contributed by atoms with Crippen molar-refractivity contribution in [1.29, 1.82) is 0 Å². The first-order chi connectivity index (χ1) is 13.9. The molecule has 0 spiro atoms. The third kappa shape index (κ3) is 6.52. The minimum atomic E-state index is -0.386. The largest absolute Gasteiger partial charge is 0.325 e. The van der Waals surface area contributed by atoms with Gasteiger partial charge in [0.1, 0.15) is 5.82 Å². The Hall–Kier alpha value is -2.48. The number of piperazine rings is 1. The lowest BCUT2D eigenvalue weighted by atomic mass is 10.2. The SMILES string of the molecule is Cc1ccc(NC(=O)CN2CCN(CC(=O)Nc3cccc(F)c3)CC2)cc1Cl. The van der Waals surface area contributed by atoms with Crippen LogP contribution in [0.5, 0.6) is 0 Å². The number of carbonyl (C=O) groups excluding carboxylic acids is 2. The maximum absolute atomic E-state index is 13.2. The molecule has 1 fully saturated rings. The van der Waals surface area contributed by atoms with Gasteiger partial charge < -0.3 is 10.6 Å². The third-order valence-corrected chi connectivity index (χ3v) is 5.17. The molecule has 2 aromatic carbocycles. The van der Waals surface area contributed by atoms with Crippen molar-refractivity contribution < 1.29 is 14.0 Å². The quantitative estimate of drug-likeness (QED) is 0.757. The summed E-state index contributed by atoms with van der Waals surface area (Å²) < 4.78 is 13.2. The van der Waals surface area contributed by atoms with Crippen molar-refractivity contribution >= 4 is 34.8 Å². The number of nitrogens with one attached hydrogen (secondary N) is 2. The van der Waals surface area contributed by atoms with Crippen LogP contribution in [0.2, 0.25) is 5.02 Å². The average molecular weight is 419 g/mol. The number of rotatable bonds is 6. The molecule has 8 heteroatoms. The molecular formula is C21H24ClFN4O2. The van der Waals surface area contributed by atoms with Gasteiger partial charge >= 0.3 is 0 Å². The first kappa shape index (κ1) is 21.2. The van der Waals surface area contributed by atoms with Crippen LogP contribution in [0, 0.1) is 12.7 Å². The number of nitrogens with zero attached hydrogens (tertiary/aromatic N) is 2. The molecular weight excluding hydrogens is 395 g/mol. The van der Waals surface area contributed by atoms with Gasteiger partial charge in [-0.25, -0.2) is 4.39 Å². The first-order valence-corrected chi connectivity index (χ1v) is 9.83. The molecule has 2 N–H and O–H groups in total. The van der Waals surface area contributed by atoms with Gasteiger partial charge in [0.2, 0.25) is 11.8 Å². The van der Waals surface area contributed by atoms with Crippen LogP contribution >= 0.6 is 11.6 Å². The zero-order valence-electron chi connectivity index (χ0n) is 16.3. The van der Waals surface area contributed by atoms with Gasteiger partial charge in [0.25, 0.3) is 0 Å². The normalized spacial score (nSPS) is 15.1. The zero-order valence-corrected chi connectivity index (χ0v) is 17.0. The second kappa shape index (κ2) is 9.82. The minimum Gasteiger partial charge on any atom is -0.325 e. The molecule has 6 nitrogen and oxygen atoms in total. The molecule has 1 saturated heterocycles. The summed E-state index contributed by atoms with van der Waals surface area (Å²) in [6.45, 7) is 5.17. The van der Waals surface area contributed by atoms with E-state index in [1.165, 1.54) is 12.1 Å². The van der Waals surface area contributed by atoms with Crippen LogP contribution in [0.4, 0.5) is 15.8 Å². The van der Waals surface area contributed by atoms with E-state index in [2.05, 4.69) is 10.6 Å². The minimum absolute atomic E-state index is 0.0952. The molecule has 3 rings (SSSR count). The van der Waals surface area contributed by atoms with Crippen molar-refractivity contribution in [2.45, 2.75) is 6.92 Å². The van der Waals surface area contributed by atoms with Crippen molar-refractivity contribution in [1.82, 2.24) is 9.80 Å². The standard InChI is InChI=1S/C21H24ClFN4O2/c1-15-5-6-18(12-19(15)22)25-21(29)14-27-9-7-26(8-10-27)13-20(28)24-17-4-2-3-16(23)11-17/h2-6,11-12H,7-10,13-14H2,1H3,(H,24,28)(H,25,29). The van der Waals surface area contributed by atoms with Crippen molar-refractivity contribution in [2.24, 2.45) is 0 Å². The van der Waals surface area contributed by atoms with Crippen LogP contribution in [0.1, 0.15) is 5.56 Å². The smallest absolute Gasteiger partial charge is 0.238 e. The summed E-state index contributed by atoms with van der Waals surface area (Å²) in [7, 11) is 0. The molecule has 2 aromatic rings. The highest BCUT2D eigenvalue weighted by Crippen LogP contribution is 2.20. The third-order valence-electron chi connectivity index (χ3n) is 4.76. The molecule has 2 amide bonds. The number of aryl methyl sites for hydroxylation is 1. The molecule has 29 heavy (non-hydrogen) atoms. The fourth-order valence-corrected chi connectivity index (χ4v) is 3.33. The van der Waals surface area contributed by atoms with E-state index >= 15 is 0 Å². The van der Waals surface area contributed by atoms with Gasteiger partial charge in [-0.05, 0) is 42.8 Å². The number of anilines is 2. The summed E-state index contributed by atoms with van der Waals surface area (Å²) in [5, 5.41) is 6.18. The van der Waals surface area contributed by atoms with Crippen LogP contribution in [0.25, 0.3) is 0 Å². The molecule has 0 saturated carbocycles. The topological polar surface area (TPSA) is 64.7 Å². The highest BCUT2D eigenvalue weighted by Gasteiger charge is 2.20. The van der Waals surface area contributed by atoms with Gasteiger partial charge in [-0.15, -0.1) is 0 Å². The van der Waals surface area contributed by atoms with Gasteiger partial charge in [0.15, 0.2) is 0 Å². The predicted molar refractivity (Wildman–Crippen MR) is 113 cm³/mol. The lowest BCUT2D eigenvalue weighted by Crippen LogP contribution is -2.50. The summed E-state index contributed by atoms with van der Waals surface area (Å²) >= 11 is 6.09.